The molecule has 0 saturated carbocycles. The number of H-pyrrole nitrogens is 1. The van der Waals surface area contributed by atoms with Crippen LogP contribution in [0.4, 0.5) is 0 Å². The van der Waals surface area contributed by atoms with Crippen LogP contribution in [0.2, 0.25) is 0 Å². The van der Waals surface area contributed by atoms with E-state index < -0.39 is 0 Å². The molecular weight excluding hydrogens is 416 g/mol. The first-order valence-electron chi connectivity index (χ1n) is 11.9. The molecule has 3 heterocycles. The minimum Gasteiger partial charge on any atom is -0.493 e. The lowest BCUT2D eigenvalue weighted by Gasteiger charge is -2.32. The van der Waals surface area contributed by atoms with E-state index in [0.717, 1.165) is 56.3 Å². The lowest BCUT2D eigenvalue weighted by atomic mass is 9.89. The average Bonchev–Trinajstić information content (AvgIpc) is 3.14. The Kier molecular flexibility index (Phi) is 6.59. The van der Waals surface area contributed by atoms with Crippen molar-refractivity contribution in [3.63, 3.8) is 0 Å². The van der Waals surface area contributed by atoms with Gasteiger partial charge >= 0.3 is 0 Å². The second kappa shape index (κ2) is 9.27. The van der Waals surface area contributed by atoms with Crippen LogP contribution in [0.5, 0.6) is 5.75 Å². The lowest BCUT2D eigenvalue weighted by Crippen LogP contribution is -2.43. The van der Waals surface area contributed by atoms with Gasteiger partial charge in [0.1, 0.15) is 11.6 Å². The number of likely N-dealkylation sites (N-methyl/N-ethyl adjacent to an activating group) is 1. The summed E-state index contributed by atoms with van der Waals surface area (Å²) in [5, 5.41) is 4.88. The topological polar surface area (TPSA) is 78.8 Å². The molecule has 0 atom stereocenters. The third kappa shape index (κ3) is 4.68. The summed E-state index contributed by atoms with van der Waals surface area (Å²) in [5.74, 6) is 2.02. The van der Waals surface area contributed by atoms with Crippen molar-refractivity contribution in [3.05, 3.63) is 45.6 Å². The molecule has 8 heteroatoms. The van der Waals surface area contributed by atoms with E-state index in [-0.39, 0.29) is 11.0 Å². The van der Waals surface area contributed by atoms with Gasteiger partial charge in [0.15, 0.2) is 11.3 Å². The minimum atomic E-state index is -0.207. The van der Waals surface area contributed by atoms with Crippen LogP contribution < -0.4 is 10.3 Å². The van der Waals surface area contributed by atoms with Gasteiger partial charge in [-0.15, -0.1) is 5.10 Å². The monoisotopic (exact) mass is 452 g/mol. The molecule has 0 amide bonds. The molecule has 4 rings (SSSR count). The zero-order valence-corrected chi connectivity index (χ0v) is 20.7. The molecule has 178 valence electrons. The van der Waals surface area contributed by atoms with Crippen LogP contribution in [0.25, 0.3) is 16.9 Å². The van der Waals surface area contributed by atoms with Crippen LogP contribution in [0, 0.1) is 6.92 Å². The summed E-state index contributed by atoms with van der Waals surface area (Å²) < 4.78 is 7.65. The Hall–Kier alpha value is -2.71. The lowest BCUT2D eigenvalue weighted by molar-refractivity contribution is 0.148. The Balaban J connectivity index is 1.80. The Morgan fingerprint density at radius 2 is 1.88 bits per heavy atom. The molecule has 1 saturated heterocycles. The van der Waals surface area contributed by atoms with Gasteiger partial charge in [-0.05, 0) is 45.0 Å². The first-order valence-corrected chi connectivity index (χ1v) is 11.9. The van der Waals surface area contributed by atoms with E-state index in [1.54, 1.807) is 4.52 Å². The molecule has 1 N–H and O–H groups in total. The van der Waals surface area contributed by atoms with E-state index in [1.807, 2.05) is 19.9 Å². The molecule has 0 unspecified atom stereocenters. The van der Waals surface area contributed by atoms with Crippen LogP contribution in [-0.2, 0) is 12.0 Å². The highest BCUT2D eigenvalue weighted by atomic mass is 16.5. The van der Waals surface area contributed by atoms with Gasteiger partial charge < -0.3 is 14.6 Å². The molecule has 2 aromatic heterocycles. The number of ether oxygens (including phenoxy) is 1. The maximum atomic E-state index is 13.1. The number of aryl methyl sites for hydroxylation is 1. The highest BCUT2D eigenvalue weighted by Gasteiger charge is 2.27. The molecule has 1 aliphatic rings. The van der Waals surface area contributed by atoms with Gasteiger partial charge in [0.2, 0.25) is 0 Å². The van der Waals surface area contributed by atoms with Crippen molar-refractivity contribution >= 4 is 5.52 Å². The zero-order valence-electron chi connectivity index (χ0n) is 20.7. The molecular formula is C25H36N6O2. The second-order valence-electron chi connectivity index (χ2n) is 9.66. The van der Waals surface area contributed by atoms with Crippen LogP contribution >= 0.6 is 0 Å². The Labute approximate surface area is 195 Å². The van der Waals surface area contributed by atoms with Gasteiger partial charge in [-0.2, -0.15) is 0 Å². The number of rotatable bonds is 7. The van der Waals surface area contributed by atoms with Crippen molar-refractivity contribution in [3.8, 4) is 17.1 Å². The number of aromatic amines is 1. The number of benzene rings is 1. The zero-order chi connectivity index (χ0) is 23.8. The van der Waals surface area contributed by atoms with Gasteiger partial charge in [0, 0.05) is 38.1 Å². The predicted octanol–water partition coefficient (Wildman–Crippen LogP) is 3.23. The number of hydrogen-bond acceptors (Lipinski definition) is 6. The van der Waals surface area contributed by atoms with Gasteiger partial charge in [-0.1, -0.05) is 26.8 Å². The SMILES string of the molecule is CCOc1ccc(CN2CCN(C)CC2)cc1-c1nn2c(C(C)(C)CC)nc(C)c2c(=O)[nH]1. The highest BCUT2D eigenvalue weighted by molar-refractivity contribution is 5.66. The number of nitrogens with zero attached hydrogens (tertiary/aromatic N) is 5. The number of nitrogens with one attached hydrogen (secondary N) is 1. The summed E-state index contributed by atoms with van der Waals surface area (Å²) in [4.78, 5) is 25.7. The van der Waals surface area contributed by atoms with Gasteiger partial charge in [0.05, 0.1) is 17.9 Å². The van der Waals surface area contributed by atoms with Crippen molar-refractivity contribution in [2.75, 3.05) is 39.8 Å². The van der Waals surface area contributed by atoms with Crippen LogP contribution in [0.1, 0.15) is 51.2 Å². The summed E-state index contributed by atoms with van der Waals surface area (Å²) in [6.45, 7) is 15.8. The number of aromatic nitrogens is 4. The van der Waals surface area contributed by atoms with Gasteiger partial charge in [0.25, 0.3) is 5.56 Å². The number of fused-ring (bicyclic) bond motifs is 1. The molecule has 1 aliphatic heterocycles. The first-order chi connectivity index (χ1) is 15.7. The Morgan fingerprint density at radius 1 is 1.15 bits per heavy atom. The molecule has 8 nitrogen and oxygen atoms in total. The molecule has 1 aromatic carbocycles. The van der Waals surface area contributed by atoms with Crippen molar-refractivity contribution in [2.24, 2.45) is 0 Å². The van der Waals surface area contributed by atoms with Crippen LogP contribution in [-0.4, -0.2) is 69.2 Å². The summed E-state index contributed by atoms with van der Waals surface area (Å²) >= 11 is 0. The normalized spacial score (nSPS) is 15.9. The van der Waals surface area contributed by atoms with E-state index in [1.165, 1.54) is 5.56 Å². The van der Waals surface area contributed by atoms with Crippen LogP contribution in [0.15, 0.2) is 23.0 Å². The fourth-order valence-electron chi connectivity index (χ4n) is 4.29. The highest BCUT2D eigenvalue weighted by Crippen LogP contribution is 2.31. The van der Waals surface area contributed by atoms with Crippen molar-refractivity contribution in [2.45, 2.75) is 53.0 Å². The van der Waals surface area contributed by atoms with Gasteiger partial charge in [-0.3, -0.25) is 9.69 Å². The minimum absolute atomic E-state index is 0.185. The fraction of sp³-hybridized carbons (Fsp3) is 0.560. The fourth-order valence-corrected chi connectivity index (χ4v) is 4.29. The summed E-state index contributed by atoms with van der Waals surface area (Å²) in [6.07, 6.45) is 0.889. The summed E-state index contributed by atoms with van der Waals surface area (Å²) in [5.41, 5.74) is 2.78. The van der Waals surface area contributed by atoms with E-state index >= 15 is 0 Å². The predicted molar refractivity (Wildman–Crippen MR) is 131 cm³/mol. The van der Waals surface area contributed by atoms with E-state index in [0.29, 0.717) is 23.6 Å². The van der Waals surface area contributed by atoms with E-state index in [2.05, 4.69) is 54.7 Å². The van der Waals surface area contributed by atoms with Crippen molar-refractivity contribution < 1.29 is 4.74 Å². The number of hydrogen-bond donors (Lipinski definition) is 1. The molecule has 1 fully saturated rings. The smallest absolute Gasteiger partial charge is 0.277 e. The molecule has 0 radical (unpaired) electrons. The third-order valence-electron chi connectivity index (χ3n) is 6.77. The van der Waals surface area contributed by atoms with Crippen molar-refractivity contribution in [1.82, 2.24) is 29.4 Å². The van der Waals surface area contributed by atoms with E-state index in [9.17, 15) is 4.79 Å². The quantitative estimate of drug-likeness (QED) is 0.593. The molecule has 0 spiro atoms. The molecule has 33 heavy (non-hydrogen) atoms. The number of piperazine rings is 1. The number of imidazole rings is 1. The van der Waals surface area contributed by atoms with Crippen LogP contribution in [0.3, 0.4) is 0 Å². The average molecular weight is 453 g/mol. The Bertz CT molecular complexity index is 1190. The van der Waals surface area contributed by atoms with Crippen molar-refractivity contribution in [1.29, 1.82) is 0 Å². The van der Waals surface area contributed by atoms with Gasteiger partial charge in [-0.25, -0.2) is 9.50 Å². The molecule has 0 bridgehead atoms. The third-order valence-corrected chi connectivity index (χ3v) is 6.77. The second-order valence-corrected chi connectivity index (χ2v) is 9.66. The summed E-state index contributed by atoms with van der Waals surface area (Å²) in [7, 11) is 2.16. The standard InChI is InChI=1S/C25H36N6O2/c1-7-25(4,5)24-26-17(3)21-23(32)27-22(28-31(21)24)19-15-18(9-10-20(19)33-8-2)16-30-13-11-29(6)12-14-30/h9-10,15H,7-8,11-14,16H2,1-6H3,(H,27,28,32). The van der Waals surface area contributed by atoms with E-state index in [4.69, 9.17) is 14.8 Å². The molecule has 3 aromatic rings. The summed E-state index contributed by atoms with van der Waals surface area (Å²) in [6, 6.07) is 6.20. The maximum absolute atomic E-state index is 13.1. The largest absolute Gasteiger partial charge is 0.493 e. The Morgan fingerprint density at radius 3 is 2.55 bits per heavy atom. The maximum Gasteiger partial charge on any atom is 0.277 e. The molecule has 0 aliphatic carbocycles. The first kappa shape index (κ1) is 23.4.